The molecule has 1 aromatic heterocycles. The van der Waals surface area contributed by atoms with Crippen LogP contribution >= 0.6 is 11.6 Å². The predicted molar refractivity (Wildman–Crippen MR) is 77.6 cm³/mol. The molecule has 1 rings (SSSR count). The second kappa shape index (κ2) is 7.43. The van der Waals surface area contributed by atoms with E-state index in [0.717, 1.165) is 17.8 Å². The van der Waals surface area contributed by atoms with Crippen LogP contribution in [-0.2, 0) is 6.42 Å². The van der Waals surface area contributed by atoms with Crippen LogP contribution in [0.15, 0.2) is 6.07 Å². The van der Waals surface area contributed by atoms with Gasteiger partial charge in [0.05, 0.1) is 17.0 Å². The van der Waals surface area contributed by atoms with E-state index in [1.54, 1.807) is 6.07 Å². The molecule has 0 aromatic carbocycles. The van der Waals surface area contributed by atoms with Gasteiger partial charge in [-0.05, 0) is 31.7 Å². The molecule has 106 valence electrons. The van der Waals surface area contributed by atoms with Crippen molar-refractivity contribution in [2.24, 2.45) is 5.92 Å². The Kier molecular flexibility index (Phi) is 6.22. The van der Waals surface area contributed by atoms with Gasteiger partial charge in [-0.3, -0.25) is 4.79 Å². The SMILES string of the molecule is CCc1nnc(C)cc1C(=O)NC(CCCl)C(C)C. The summed E-state index contributed by atoms with van der Waals surface area (Å²) < 4.78 is 0. The molecule has 1 amide bonds. The van der Waals surface area contributed by atoms with Crippen molar-refractivity contribution in [3.05, 3.63) is 23.0 Å². The Balaban J connectivity index is 2.90. The fourth-order valence-electron chi connectivity index (χ4n) is 1.91. The number of nitrogens with one attached hydrogen (secondary N) is 1. The van der Waals surface area contributed by atoms with E-state index in [0.29, 0.717) is 23.8 Å². The van der Waals surface area contributed by atoms with Crippen LogP contribution in [0, 0.1) is 12.8 Å². The molecule has 0 saturated heterocycles. The van der Waals surface area contributed by atoms with Crippen LogP contribution in [0.2, 0.25) is 0 Å². The number of hydrogen-bond donors (Lipinski definition) is 1. The van der Waals surface area contributed by atoms with Crippen molar-refractivity contribution in [1.82, 2.24) is 15.5 Å². The topological polar surface area (TPSA) is 54.9 Å². The van der Waals surface area contributed by atoms with Gasteiger partial charge in [-0.2, -0.15) is 10.2 Å². The normalized spacial score (nSPS) is 12.5. The molecule has 0 fully saturated rings. The van der Waals surface area contributed by atoms with E-state index in [4.69, 9.17) is 11.6 Å². The summed E-state index contributed by atoms with van der Waals surface area (Å²) in [7, 11) is 0. The highest BCUT2D eigenvalue weighted by molar-refractivity contribution is 6.17. The molecule has 0 aliphatic carbocycles. The van der Waals surface area contributed by atoms with Gasteiger partial charge >= 0.3 is 0 Å². The first-order valence-electron chi connectivity index (χ1n) is 6.69. The number of nitrogens with zero attached hydrogens (tertiary/aromatic N) is 2. The van der Waals surface area contributed by atoms with Gasteiger partial charge in [0.25, 0.3) is 5.91 Å². The molecule has 0 spiro atoms. The van der Waals surface area contributed by atoms with E-state index in [9.17, 15) is 4.79 Å². The van der Waals surface area contributed by atoms with Gasteiger partial charge in [-0.1, -0.05) is 20.8 Å². The third-order valence-corrected chi connectivity index (χ3v) is 3.33. The van der Waals surface area contributed by atoms with E-state index in [2.05, 4.69) is 29.4 Å². The number of amides is 1. The zero-order valence-electron chi connectivity index (χ0n) is 12.0. The fourth-order valence-corrected chi connectivity index (χ4v) is 2.14. The maximum Gasteiger partial charge on any atom is 0.253 e. The third kappa shape index (κ3) is 4.46. The average Bonchev–Trinajstić information content (AvgIpc) is 2.37. The Morgan fingerprint density at radius 1 is 1.42 bits per heavy atom. The summed E-state index contributed by atoms with van der Waals surface area (Å²) in [6.07, 6.45) is 1.46. The van der Waals surface area contributed by atoms with Crippen molar-refractivity contribution >= 4 is 17.5 Å². The van der Waals surface area contributed by atoms with Gasteiger partial charge in [-0.25, -0.2) is 0 Å². The molecule has 1 N–H and O–H groups in total. The molecule has 0 aliphatic heterocycles. The minimum absolute atomic E-state index is 0.0846. The number of hydrogen-bond acceptors (Lipinski definition) is 3. The lowest BCUT2D eigenvalue weighted by Crippen LogP contribution is -2.39. The molecule has 0 bridgehead atoms. The third-order valence-electron chi connectivity index (χ3n) is 3.11. The van der Waals surface area contributed by atoms with Crippen LogP contribution in [-0.4, -0.2) is 28.0 Å². The number of rotatable bonds is 6. The number of carbonyl (C=O) groups is 1. The number of aromatic nitrogens is 2. The summed E-state index contributed by atoms with van der Waals surface area (Å²) in [6.45, 7) is 7.96. The van der Waals surface area contributed by atoms with Gasteiger partial charge in [0.1, 0.15) is 0 Å². The Morgan fingerprint density at radius 3 is 2.63 bits per heavy atom. The molecule has 1 atom stereocenters. The molecule has 0 aliphatic rings. The lowest BCUT2D eigenvalue weighted by Gasteiger charge is -2.22. The van der Waals surface area contributed by atoms with Gasteiger partial charge < -0.3 is 5.32 Å². The summed E-state index contributed by atoms with van der Waals surface area (Å²) in [5.41, 5.74) is 2.10. The standard InChI is InChI=1S/C14H22ClN3O/c1-5-12-11(8-10(4)17-18-12)14(19)16-13(6-7-15)9(2)3/h8-9,13H,5-7H2,1-4H3,(H,16,19). The highest BCUT2D eigenvalue weighted by atomic mass is 35.5. The van der Waals surface area contributed by atoms with Gasteiger partial charge in [0.2, 0.25) is 0 Å². The van der Waals surface area contributed by atoms with Crippen LogP contribution in [0.1, 0.15) is 48.9 Å². The number of aryl methyl sites for hydroxylation is 2. The van der Waals surface area contributed by atoms with Crippen LogP contribution in [0.3, 0.4) is 0 Å². The zero-order chi connectivity index (χ0) is 14.4. The van der Waals surface area contributed by atoms with Crippen molar-refractivity contribution in [2.45, 2.75) is 46.6 Å². The smallest absolute Gasteiger partial charge is 0.253 e. The van der Waals surface area contributed by atoms with Crippen molar-refractivity contribution in [1.29, 1.82) is 0 Å². The average molecular weight is 284 g/mol. The lowest BCUT2D eigenvalue weighted by molar-refractivity contribution is 0.0923. The minimum atomic E-state index is -0.0846. The quantitative estimate of drug-likeness (QED) is 0.817. The summed E-state index contributed by atoms with van der Waals surface area (Å²) in [5, 5.41) is 11.1. The Labute approximate surface area is 120 Å². The second-order valence-electron chi connectivity index (χ2n) is 5.00. The van der Waals surface area contributed by atoms with Crippen LogP contribution in [0.5, 0.6) is 0 Å². The maximum absolute atomic E-state index is 12.3. The van der Waals surface area contributed by atoms with E-state index in [1.807, 2.05) is 13.8 Å². The summed E-state index contributed by atoms with van der Waals surface area (Å²) >= 11 is 5.78. The van der Waals surface area contributed by atoms with Crippen LogP contribution in [0.4, 0.5) is 0 Å². The molecular weight excluding hydrogens is 262 g/mol. The van der Waals surface area contributed by atoms with Gasteiger partial charge in [-0.15, -0.1) is 11.6 Å². The molecule has 1 heterocycles. The lowest BCUT2D eigenvalue weighted by atomic mass is 10.0. The molecule has 5 heteroatoms. The van der Waals surface area contributed by atoms with Gasteiger partial charge in [0.15, 0.2) is 0 Å². The highest BCUT2D eigenvalue weighted by Crippen LogP contribution is 2.11. The number of halogens is 1. The van der Waals surface area contributed by atoms with E-state index >= 15 is 0 Å². The largest absolute Gasteiger partial charge is 0.349 e. The Morgan fingerprint density at radius 2 is 2.11 bits per heavy atom. The van der Waals surface area contributed by atoms with Crippen LogP contribution < -0.4 is 5.32 Å². The Hall–Kier alpha value is -1.16. The maximum atomic E-state index is 12.3. The second-order valence-corrected chi connectivity index (χ2v) is 5.38. The molecule has 4 nitrogen and oxygen atoms in total. The number of alkyl halides is 1. The molecule has 0 radical (unpaired) electrons. The fraction of sp³-hybridized carbons (Fsp3) is 0.643. The predicted octanol–water partition coefficient (Wildman–Crippen LogP) is 2.73. The van der Waals surface area contributed by atoms with Crippen molar-refractivity contribution in [3.8, 4) is 0 Å². The monoisotopic (exact) mass is 283 g/mol. The summed E-state index contributed by atoms with van der Waals surface area (Å²) in [4.78, 5) is 12.3. The molecule has 1 unspecified atom stereocenters. The first kappa shape index (κ1) is 15.9. The van der Waals surface area contributed by atoms with E-state index < -0.39 is 0 Å². The van der Waals surface area contributed by atoms with Gasteiger partial charge in [0, 0.05) is 11.9 Å². The summed E-state index contributed by atoms with van der Waals surface area (Å²) in [6, 6.07) is 1.88. The first-order chi connectivity index (χ1) is 8.99. The van der Waals surface area contributed by atoms with E-state index in [1.165, 1.54) is 0 Å². The molecular formula is C14H22ClN3O. The Bertz CT molecular complexity index is 435. The number of carbonyl (C=O) groups excluding carboxylic acids is 1. The highest BCUT2D eigenvalue weighted by Gasteiger charge is 2.19. The first-order valence-corrected chi connectivity index (χ1v) is 7.23. The zero-order valence-corrected chi connectivity index (χ0v) is 12.8. The van der Waals surface area contributed by atoms with Crippen molar-refractivity contribution < 1.29 is 4.79 Å². The van der Waals surface area contributed by atoms with Crippen molar-refractivity contribution in [3.63, 3.8) is 0 Å². The van der Waals surface area contributed by atoms with Crippen molar-refractivity contribution in [2.75, 3.05) is 5.88 Å². The molecule has 1 aromatic rings. The van der Waals surface area contributed by atoms with E-state index in [-0.39, 0.29) is 11.9 Å². The molecule has 19 heavy (non-hydrogen) atoms. The molecule has 0 saturated carbocycles. The summed E-state index contributed by atoms with van der Waals surface area (Å²) in [5.74, 6) is 0.805. The minimum Gasteiger partial charge on any atom is -0.349 e. The van der Waals surface area contributed by atoms with Crippen LogP contribution in [0.25, 0.3) is 0 Å².